The minimum absolute atomic E-state index is 0.642. The van der Waals surface area contributed by atoms with Crippen LogP contribution in [0, 0.1) is 0 Å². The van der Waals surface area contributed by atoms with Crippen LogP contribution in [0.5, 0.6) is 0 Å². The molecule has 0 aromatic carbocycles. The zero-order valence-electron chi connectivity index (χ0n) is 7.31. The van der Waals surface area contributed by atoms with Gasteiger partial charge in [-0.15, -0.1) is 11.6 Å². The fourth-order valence-electron chi connectivity index (χ4n) is 0.886. The molecular weight excluding hydrogens is 235 g/mol. The standard InChI is InChI=1S/C10H16BrCl/c11-9-7-5-3-1-2-4-6-8-10-12/h5-8H,1-4,9-10H2/b7-5+,8-6+. The molecule has 12 heavy (non-hydrogen) atoms. The van der Waals surface area contributed by atoms with Gasteiger partial charge in [-0.1, -0.05) is 40.2 Å². The second-order valence-corrected chi connectivity index (χ2v) is 3.49. The number of unbranched alkanes of at least 4 members (excludes halogenated alkanes) is 3. The molecule has 0 saturated carbocycles. The maximum atomic E-state index is 5.48. The molecule has 0 fully saturated rings. The predicted octanol–water partition coefficient (Wildman–Crippen LogP) is 4.29. The van der Waals surface area contributed by atoms with Gasteiger partial charge in [-0.25, -0.2) is 0 Å². The van der Waals surface area contributed by atoms with Gasteiger partial charge in [0.2, 0.25) is 0 Å². The van der Waals surface area contributed by atoms with Gasteiger partial charge in [0.25, 0.3) is 0 Å². The summed E-state index contributed by atoms with van der Waals surface area (Å²) in [5, 5.41) is 0.971. The normalized spacial score (nSPS) is 11.8. The molecular formula is C10H16BrCl. The minimum atomic E-state index is 0.642. The van der Waals surface area contributed by atoms with E-state index < -0.39 is 0 Å². The Morgan fingerprint density at radius 2 is 1.50 bits per heavy atom. The summed E-state index contributed by atoms with van der Waals surface area (Å²) in [6.45, 7) is 0. The zero-order chi connectivity index (χ0) is 9.07. The molecule has 0 spiro atoms. The van der Waals surface area contributed by atoms with Crippen LogP contribution in [0.25, 0.3) is 0 Å². The summed E-state index contributed by atoms with van der Waals surface area (Å²) in [6, 6.07) is 0. The van der Waals surface area contributed by atoms with E-state index in [1.165, 1.54) is 19.3 Å². The van der Waals surface area contributed by atoms with Gasteiger partial charge in [0.1, 0.15) is 0 Å². The molecule has 0 N–H and O–H groups in total. The molecule has 0 rings (SSSR count). The Morgan fingerprint density at radius 1 is 0.917 bits per heavy atom. The van der Waals surface area contributed by atoms with Crippen molar-refractivity contribution in [3.05, 3.63) is 24.3 Å². The van der Waals surface area contributed by atoms with Gasteiger partial charge in [-0.3, -0.25) is 0 Å². The number of rotatable bonds is 7. The molecule has 0 aliphatic carbocycles. The largest absolute Gasteiger partial charge is 0.122 e. The van der Waals surface area contributed by atoms with Crippen LogP contribution in [0.2, 0.25) is 0 Å². The van der Waals surface area contributed by atoms with Crippen LogP contribution < -0.4 is 0 Å². The quantitative estimate of drug-likeness (QED) is 0.360. The van der Waals surface area contributed by atoms with Crippen molar-refractivity contribution in [3.63, 3.8) is 0 Å². The van der Waals surface area contributed by atoms with Gasteiger partial charge < -0.3 is 0 Å². The summed E-state index contributed by atoms with van der Waals surface area (Å²) < 4.78 is 0. The molecule has 0 atom stereocenters. The van der Waals surface area contributed by atoms with Crippen LogP contribution in [0.1, 0.15) is 25.7 Å². The molecule has 0 bridgehead atoms. The number of hydrogen-bond acceptors (Lipinski definition) is 0. The van der Waals surface area contributed by atoms with E-state index in [1.807, 2.05) is 6.08 Å². The lowest BCUT2D eigenvalue weighted by molar-refractivity contribution is 0.761. The monoisotopic (exact) mass is 250 g/mol. The minimum Gasteiger partial charge on any atom is -0.122 e. The summed E-state index contributed by atoms with van der Waals surface area (Å²) in [4.78, 5) is 0. The highest BCUT2D eigenvalue weighted by molar-refractivity contribution is 9.09. The summed E-state index contributed by atoms with van der Waals surface area (Å²) in [7, 11) is 0. The van der Waals surface area contributed by atoms with Crippen LogP contribution in [0.3, 0.4) is 0 Å². The Kier molecular flexibility index (Phi) is 11.5. The van der Waals surface area contributed by atoms with Gasteiger partial charge >= 0.3 is 0 Å². The van der Waals surface area contributed by atoms with Crippen LogP contribution in [-0.4, -0.2) is 11.2 Å². The lowest BCUT2D eigenvalue weighted by Crippen LogP contribution is -1.73. The van der Waals surface area contributed by atoms with Crippen LogP contribution in [0.4, 0.5) is 0 Å². The lowest BCUT2D eigenvalue weighted by Gasteiger charge is -1.91. The van der Waals surface area contributed by atoms with E-state index in [-0.39, 0.29) is 0 Å². The van der Waals surface area contributed by atoms with Crippen molar-refractivity contribution in [2.45, 2.75) is 25.7 Å². The number of allylic oxidation sites excluding steroid dienone is 4. The smallest absolute Gasteiger partial charge is 0.0404 e. The fraction of sp³-hybridized carbons (Fsp3) is 0.600. The Labute approximate surface area is 88.8 Å². The SMILES string of the molecule is ClC/C=C/CCCC/C=C/CBr. The first-order chi connectivity index (χ1) is 5.91. The molecule has 0 radical (unpaired) electrons. The van der Waals surface area contributed by atoms with Gasteiger partial charge in [-0.2, -0.15) is 0 Å². The van der Waals surface area contributed by atoms with Crippen molar-refractivity contribution in [1.29, 1.82) is 0 Å². The number of alkyl halides is 2. The topological polar surface area (TPSA) is 0 Å². The molecule has 0 nitrogen and oxygen atoms in total. The first-order valence-corrected chi connectivity index (χ1v) is 5.99. The molecule has 0 aliphatic rings. The highest BCUT2D eigenvalue weighted by atomic mass is 79.9. The highest BCUT2D eigenvalue weighted by Gasteiger charge is 1.82. The van der Waals surface area contributed by atoms with Gasteiger partial charge in [0.15, 0.2) is 0 Å². The average Bonchev–Trinajstić information content (AvgIpc) is 2.10. The van der Waals surface area contributed by atoms with Crippen molar-refractivity contribution in [1.82, 2.24) is 0 Å². The Morgan fingerprint density at radius 3 is 2.00 bits per heavy atom. The number of halogens is 2. The Bertz CT molecular complexity index is 114. The third-order valence-electron chi connectivity index (χ3n) is 1.50. The highest BCUT2D eigenvalue weighted by Crippen LogP contribution is 2.01. The van der Waals surface area contributed by atoms with Crippen molar-refractivity contribution < 1.29 is 0 Å². The maximum absolute atomic E-state index is 5.48. The number of hydrogen-bond donors (Lipinski definition) is 0. The predicted molar refractivity (Wildman–Crippen MR) is 61.3 cm³/mol. The molecule has 2 heteroatoms. The molecule has 0 heterocycles. The van der Waals surface area contributed by atoms with Crippen molar-refractivity contribution >= 4 is 27.5 Å². The van der Waals surface area contributed by atoms with E-state index in [4.69, 9.17) is 11.6 Å². The van der Waals surface area contributed by atoms with Gasteiger partial charge in [0, 0.05) is 11.2 Å². The molecule has 0 amide bonds. The molecule has 0 saturated heterocycles. The second kappa shape index (κ2) is 11.2. The molecule has 0 unspecified atom stereocenters. The maximum Gasteiger partial charge on any atom is 0.0404 e. The molecule has 0 aromatic heterocycles. The second-order valence-electron chi connectivity index (χ2n) is 2.54. The summed E-state index contributed by atoms with van der Waals surface area (Å²) in [6.07, 6.45) is 13.4. The van der Waals surface area contributed by atoms with E-state index >= 15 is 0 Å². The average molecular weight is 252 g/mol. The fourth-order valence-corrected chi connectivity index (χ4v) is 1.28. The van der Waals surface area contributed by atoms with Crippen molar-refractivity contribution in [2.75, 3.05) is 11.2 Å². The zero-order valence-corrected chi connectivity index (χ0v) is 9.65. The summed E-state index contributed by atoms with van der Waals surface area (Å²) in [5.41, 5.74) is 0. The van der Waals surface area contributed by atoms with Crippen LogP contribution in [-0.2, 0) is 0 Å². The third kappa shape index (κ3) is 10.2. The van der Waals surface area contributed by atoms with E-state index in [1.54, 1.807) is 0 Å². The first kappa shape index (κ1) is 12.2. The van der Waals surface area contributed by atoms with Gasteiger partial charge in [-0.05, 0) is 25.7 Å². The molecule has 0 aromatic rings. The first-order valence-electron chi connectivity index (χ1n) is 4.33. The summed E-state index contributed by atoms with van der Waals surface area (Å²) >= 11 is 8.82. The van der Waals surface area contributed by atoms with Crippen molar-refractivity contribution in [2.24, 2.45) is 0 Å². The Balaban J connectivity index is 3.00. The third-order valence-corrected chi connectivity index (χ3v) is 2.06. The Hall–Kier alpha value is 0.250. The lowest BCUT2D eigenvalue weighted by atomic mass is 10.2. The van der Waals surface area contributed by atoms with E-state index in [0.29, 0.717) is 5.88 Å². The van der Waals surface area contributed by atoms with Gasteiger partial charge in [0.05, 0.1) is 0 Å². The van der Waals surface area contributed by atoms with Crippen molar-refractivity contribution in [3.8, 4) is 0 Å². The van der Waals surface area contributed by atoms with E-state index in [9.17, 15) is 0 Å². The molecule has 70 valence electrons. The van der Waals surface area contributed by atoms with Crippen LogP contribution >= 0.6 is 27.5 Å². The van der Waals surface area contributed by atoms with E-state index in [2.05, 4.69) is 34.2 Å². The van der Waals surface area contributed by atoms with Crippen LogP contribution in [0.15, 0.2) is 24.3 Å². The summed E-state index contributed by atoms with van der Waals surface area (Å²) in [5.74, 6) is 0.642. The van der Waals surface area contributed by atoms with E-state index in [0.717, 1.165) is 11.8 Å². The molecule has 0 aliphatic heterocycles.